The molecule has 1 aliphatic rings. The van der Waals surface area contributed by atoms with Gasteiger partial charge in [0.05, 0.1) is 10.9 Å². The quantitative estimate of drug-likeness (QED) is 0.653. The zero-order chi connectivity index (χ0) is 12.2. The molecule has 1 unspecified atom stereocenters. The Morgan fingerprint density at radius 2 is 1.94 bits per heavy atom. The molecule has 3 rings (SSSR count). The van der Waals surface area contributed by atoms with Crippen LogP contribution in [-0.4, -0.2) is 6.10 Å². The summed E-state index contributed by atoms with van der Waals surface area (Å²) >= 11 is 0. The van der Waals surface area contributed by atoms with Gasteiger partial charge < -0.3 is 9.15 Å². The van der Waals surface area contributed by atoms with Crippen molar-refractivity contribution >= 4 is 11.0 Å². The molecule has 1 aliphatic heterocycles. The first-order chi connectivity index (χ1) is 8.01. The lowest BCUT2D eigenvalue weighted by Crippen LogP contribution is -2.32. The zero-order valence-corrected chi connectivity index (χ0v) is 10.1. The van der Waals surface area contributed by atoms with Crippen LogP contribution in [-0.2, 0) is 5.41 Å². The average Bonchev–Trinajstić information content (AvgIpc) is 2.51. The number of ether oxygens (including phenoxy) is 1. The molecule has 3 heteroatoms. The monoisotopic (exact) mass is 230 g/mol. The Morgan fingerprint density at radius 3 is 2.71 bits per heavy atom. The Balaban J connectivity index is 2.47. The van der Waals surface area contributed by atoms with Crippen LogP contribution in [0.5, 0.6) is 5.75 Å². The highest BCUT2D eigenvalue weighted by atomic mass is 16.5. The van der Waals surface area contributed by atoms with E-state index in [2.05, 4.69) is 0 Å². The van der Waals surface area contributed by atoms with Gasteiger partial charge in [-0.3, -0.25) is 0 Å². The van der Waals surface area contributed by atoms with E-state index in [1.54, 1.807) is 6.07 Å². The molecule has 0 radical (unpaired) electrons. The largest absolute Gasteiger partial charge is 0.488 e. The Kier molecular flexibility index (Phi) is 1.91. The van der Waals surface area contributed by atoms with Crippen molar-refractivity contribution in [2.75, 3.05) is 0 Å². The van der Waals surface area contributed by atoms with E-state index in [0.29, 0.717) is 16.9 Å². The molecule has 0 saturated carbocycles. The van der Waals surface area contributed by atoms with Gasteiger partial charge in [-0.1, -0.05) is 26.0 Å². The van der Waals surface area contributed by atoms with Crippen molar-refractivity contribution in [3.63, 3.8) is 0 Å². The molecule has 0 fully saturated rings. The van der Waals surface area contributed by atoms with E-state index in [1.807, 2.05) is 39.0 Å². The molecule has 3 nitrogen and oxygen atoms in total. The van der Waals surface area contributed by atoms with E-state index in [1.165, 1.54) is 0 Å². The normalized spacial score (nSPS) is 21.2. The summed E-state index contributed by atoms with van der Waals surface area (Å²) in [5.41, 5.74) is 0.651. The first-order valence-corrected chi connectivity index (χ1v) is 5.75. The van der Waals surface area contributed by atoms with Crippen LogP contribution in [0.15, 0.2) is 33.5 Å². The molecule has 88 valence electrons. The van der Waals surface area contributed by atoms with Crippen LogP contribution >= 0.6 is 0 Å². The lowest BCUT2D eigenvalue weighted by molar-refractivity contribution is 0.187. The van der Waals surface area contributed by atoms with Gasteiger partial charge in [0.15, 0.2) is 0 Å². The molecule has 1 atom stereocenters. The number of rotatable bonds is 0. The minimum Gasteiger partial charge on any atom is -0.488 e. The van der Waals surface area contributed by atoms with Crippen molar-refractivity contribution < 1.29 is 9.15 Å². The van der Waals surface area contributed by atoms with Crippen LogP contribution in [0.4, 0.5) is 0 Å². The first-order valence-electron chi connectivity index (χ1n) is 5.75. The Bertz CT molecular complexity index is 652. The predicted molar refractivity (Wildman–Crippen MR) is 65.6 cm³/mol. The van der Waals surface area contributed by atoms with Gasteiger partial charge in [0.1, 0.15) is 17.4 Å². The summed E-state index contributed by atoms with van der Waals surface area (Å²) in [7, 11) is 0. The van der Waals surface area contributed by atoms with E-state index in [9.17, 15) is 4.79 Å². The topological polar surface area (TPSA) is 39.4 Å². The summed E-state index contributed by atoms with van der Waals surface area (Å²) in [4.78, 5) is 12.0. The average molecular weight is 230 g/mol. The maximum absolute atomic E-state index is 12.0. The van der Waals surface area contributed by atoms with Crippen molar-refractivity contribution in [2.45, 2.75) is 32.3 Å². The van der Waals surface area contributed by atoms with Gasteiger partial charge in [-0.2, -0.15) is 0 Å². The van der Waals surface area contributed by atoms with Crippen LogP contribution in [0.1, 0.15) is 26.3 Å². The molecule has 1 aromatic carbocycles. The van der Waals surface area contributed by atoms with Crippen LogP contribution in [0, 0.1) is 0 Å². The van der Waals surface area contributed by atoms with Gasteiger partial charge >= 0.3 is 5.63 Å². The maximum Gasteiger partial charge on any atom is 0.343 e. The summed E-state index contributed by atoms with van der Waals surface area (Å²) in [5.74, 6) is 0.689. The molecule has 2 aromatic rings. The third-order valence-corrected chi connectivity index (χ3v) is 3.72. The van der Waals surface area contributed by atoms with Crippen molar-refractivity contribution in [3.05, 3.63) is 40.2 Å². The highest BCUT2D eigenvalue weighted by molar-refractivity contribution is 5.85. The minimum atomic E-state index is -0.306. The van der Waals surface area contributed by atoms with E-state index in [0.717, 1.165) is 5.39 Å². The van der Waals surface area contributed by atoms with Crippen molar-refractivity contribution in [3.8, 4) is 5.75 Å². The van der Waals surface area contributed by atoms with Gasteiger partial charge in [-0.15, -0.1) is 0 Å². The number of hydrogen-bond acceptors (Lipinski definition) is 3. The molecule has 0 saturated heterocycles. The highest BCUT2D eigenvalue weighted by Crippen LogP contribution is 2.44. The second-order valence-electron chi connectivity index (χ2n) is 5.07. The van der Waals surface area contributed by atoms with Gasteiger partial charge in [0.2, 0.25) is 0 Å². The molecule has 0 N–H and O–H groups in total. The molecule has 1 aromatic heterocycles. The number of hydrogen-bond donors (Lipinski definition) is 0. The van der Waals surface area contributed by atoms with E-state index >= 15 is 0 Å². The summed E-state index contributed by atoms with van der Waals surface area (Å²) in [6.45, 7) is 6.00. The minimum absolute atomic E-state index is 0.0220. The Hall–Kier alpha value is -1.77. The summed E-state index contributed by atoms with van der Waals surface area (Å²) < 4.78 is 11.2. The Labute approximate surface area is 99.0 Å². The highest BCUT2D eigenvalue weighted by Gasteiger charge is 2.43. The number of benzene rings is 1. The molecular formula is C14H14O3. The lowest BCUT2D eigenvalue weighted by atomic mass is 9.82. The fourth-order valence-electron chi connectivity index (χ4n) is 2.33. The number of para-hydroxylation sites is 1. The van der Waals surface area contributed by atoms with E-state index in [-0.39, 0.29) is 17.1 Å². The van der Waals surface area contributed by atoms with Crippen molar-refractivity contribution in [1.29, 1.82) is 0 Å². The molecular weight excluding hydrogens is 216 g/mol. The lowest BCUT2D eigenvalue weighted by Gasteiger charge is -2.20. The molecule has 2 heterocycles. The van der Waals surface area contributed by atoms with Crippen molar-refractivity contribution in [2.24, 2.45) is 0 Å². The van der Waals surface area contributed by atoms with Gasteiger partial charge in [0.25, 0.3) is 0 Å². The van der Waals surface area contributed by atoms with E-state index in [4.69, 9.17) is 9.15 Å². The fourth-order valence-corrected chi connectivity index (χ4v) is 2.33. The SMILES string of the molecule is CC1Oc2c(c(=O)oc3ccccc23)C1(C)C. The second kappa shape index (κ2) is 3.13. The second-order valence-corrected chi connectivity index (χ2v) is 5.07. The molecule has 0 bridgehead atoms. The molecule has 0 amide bonds. The maximum atomic E-state index is 12.0. The van der Waals surface area contributed by atoms with Crippen LogP contribution in [0.2, 0.25) is 0 Å². The molecule has 0 spiro atoms. The fraction of sp³-hybridized carbons (Fsp3) is 0.357. The van der Waals surface area contributed by atoms with E-state index < -0.39 is 0 Å². The molecule has 0 aliphatic carbocycles. The summed E-state index contributed by atoms with van der Waals surface area (Å²) in [6.07, 6.45) is -0.0220. The standard InChI is InChI=1S/C14H14O3/c1-8-14(2,3)11-12(16-8)9-6-4-5-7-10(9)17-13(11)15/h4-8H,1-3H3. The van der Waals surface area contributed by atoms with Crippen LogP contribution < -0.4 is 10.4 Å². The smallest absolute Gasteiger partial charge is 0.343 e. The van der Waals surface area contributed by atoms with Crippen LogP contribution in [0.3, 0.4) is 0 Å². The third kappa shape index (κ3) is 1.25. The van der Waals surface area contributed by atoms with Gasteiger partial charge in [-0.25, -0.2) is 4.79 Å². The first kappa shape index (κ1) is 10.4. The summed E-state index contributed by atoms with van der Waals surface area (Å²) in [5, 5.41) is 0.875. The Morgan fingerprint density at radius 1 is 1.24 bits per heavy atom. The summed E-state index contributed by atoms with van der Waals surface area (Å²) in [6, 6.07) is 7.48. The zero-order valence-electron chi connectivity index (χ0n) is 10.1. The van der Waals surface area contributed by atoms with Crippen molar-refractivity contribution in [1.82, 2.24) is 0 Å². The predicted octanol–water partition coefficient (Wildman–Crippen LogP) is 2.85. The third-order valence-electron chi connectivity index (χ3n) is 3.72. The number of fused-ring (bicyclic) bond motifs is 3. The van der Waals surface area contributed by atoms with Gasteiger partial charge in [0, 0.05) is 5.41 Å². The molecule has 17 heavy (non-hydrogen) atoms. The van der Waals surface area contributed by atoms with Gasteiger partial charge in [-0.05, 0) is 19.1 Å². The van der Waals surface area contributed by atoms with Crippen LogP contribution in [0.25, 0.3) is 11.0 Å².